The Hall–Kier alpha value is -0.880. The molecule has 2 aliphatic rings. The molecule has 2 aliphatic heterocycles. The van der Waals surface area contributed by atoms with Crippen LogP contribution < -0.4 is 5.32 Å². The first-order valence-corrected chi connectivity index (χ1v) is 7.14. The van der Waals surface area contributed by atoms with Gasteiger partial charge < -0.3 is 5.32 Å². The van der Waals surface area contributed by atoms with Gasteiger partial charge >= 0.3 is 0 Å². The lowest BCUT2D eigenvalue weighted by Crippen LogP contribution is -2.45. The quantitative estimate of drug-likeness (QED) is 0.882. The molecule has 0 radical (unpaired) electrons. The molecular weight excluding hydrogens is 296 g/mol. The van der Waals surface area contributed by atoms with E-state index in [4.69, 9.17) is 0 Å². The molecular formula is C12H17BrN4O. The van der Waals surface area contributed by atoms with E-state index >= 15 is 0 Å². The fourth-order valence-corrected chi connectivity index (χ4v) is 3.52. The van der Waals surface area contributed by atoms with Crippen LogP contribution in [0.15, 0.2) is 10.7 Å². The topological polar surface area (TPSA) is 50.2 Å². The second-order valence-electron chi connectivity index (χ2n) is 5.09. The minimum atomic E-state index is 0.186. The molecule has 0 unspecified atom stereocenters. The van der Waals surface area contributed by atoms with Gasteiger partial charge in [0, 0.05) is 26.2 Å². The minimum Gasteiger partial charge on any atom is -0.354 e. The van der Waals surface area contributed by atoms with Crippen LogP contribution in [0, 0.1) is 5.92 Å². The molecule has 1 N–H and O–H groups in total. The predicted molar refractivity (Wildman–Crippen MR) is 70.8 cm³/mol. The van der Waals surface area contributed by atoms with Gasteiger partial charge in [-0.25, -0.2) is 0 Å². The molecule has 1 aromatic rings. The second kappa shape index (κ2) is 4.66. The third-order valence-corrected chi connectivity index (χ3v) is 4.74. The van der Waals surface area contributed by atoms with E-state index in [0.29, 0.717) is 6.04 Å². The monoisotopic (exact) mass is 312 g/mol. The summed E-state index contributed by atoms with van der Waals surface area (Å²) in [6, 6.07) is 0.355. The van der Waals surface area contributed by atoms with Crippen LogP contribution in [-0.2, 0) is 18.4 Å². The van der Waals surface area contributed by atoms with E-state index in [9.17, 15) is 4.79 Å². The number of halogens is 1. The summed E-state index contributed by atoms with van der Waals surface area (Å²) in [5.41, 5.74) is 1.18. The summed E-state index contributed by atoms with van der Waals surface area (Å²) in [5.74, 6) is 0.416. The summed E-state index contributed by atoms with van der Waals surface area (Å²) in [5, 5.41) is 7.23. The van der Waals surface area contributed by atoms with E-state index in [-0.39, 0.29) is 11.8 Å². The van der Waals surface area contributed by atoms with Crippen LogP contribution in [0.2, 0.25) is 0 Å². The van der Waals surface area contributed by atoms with E-state index in [1.807, 2.05) is 17.9 Å². The van der Waals surface area contributed by atoms with Crippen molar-refractivity contribution >= 4 is 21.8 Å². The third kappa shape index (κ3) is 1.97. The number of nitrogens with one attached hydrogen (secondary N) is 1. The van der Waals surface area contributed by atoms with Gasteiger partial charge in [0.05, 0.1) is 22.3 Å². The Morgan fingerprint density at radius 1 is 1.61 bits per heavy atom. The van der Waals surface area contributed by atoms with Crippen LogP contribution in [0.4, 0.5) is 0 Å². The molecule has 2 atom stereocenters. The molecule has 5 nitrogen and oxygen atoms in total. The number of likely N-dealkylation sites (tertiary alicyclic amines) is 1. The maximum absolute atomic E-state index is 11.7. The Balaban J connectivity index is 1.78. The highest BCUT2D eigenvalue weighted by molar-refractivity contribution is 9.10. The average molecular weight is 313 g/mol. The number of amides is 1. The lowest BCUT2D eigenvalue weighted by atomic mass is 9.91. The number of piperidine rings is 1. The average Bonchev–Trinajstić information content (AvgIpc) is 2.88. The summed E-state index contributed by atoms with van der Waals surface area (Å²) in [7, 11) is 1.96. The Morgan fingerprint density at radius 2 is 2.44 bits per heavy atom. The van der Waals surface area contributed by atoms with Crippen LogP contribution in [-0.4, -0.2) is 39.7 Å². The molecule has 0 spiro atoms. The van der Waals surface area contributed by atoms with Crippen molar-refractivity contribution in [2.75, 3.05) is 13.1 Å². The van der Waals surface area contributed by atoms with Crippen molar-refractivity contribution in [3.63, 3.8) is 0 Å². The zero-order chi connectivity index (χ0) is 12.7. The van der Waals surface area contributed by atoms with Crippen molar-refractivity contribution < 1.29 is 4.79 Å². The molecule has 3 heterocycles. The largest absolute Gasteiger partial charge is 0.354 e. The molecule has 18 heavy (non-hydrogen) atoms. The Morgan fingerprint density at radius 3 is 3.17 bits per heavy atom. The Labute approximate surface area is 115 Å². The van der Waals surface area contributed by atoms with Crippen LogP contribution in [0.3, 0.4) is 0 Å². The second-order valence-corrected chi connectivity index (χ2v) is 5.95. The van der Waals surface area contributed by atoms with E-state index < -0.39 is 0 Å². The van der Waals surface area contributed by atoms with E-state index in [1.54, 1.807) is 0 Å². The predicted octanol–water partition coefficient (Wildman–Crippen LogP) is 0.893. The fourth-order valence-electron chi connectivity index (χ4n) is 3.04. The molecule has 1 aromatic heterocycles. The maximum Gasteiger partial charge on any atom is 0.224 e. The van der Waals surface area contributed by atoms with Crippen LogP contribution >= 0.6 is 15.9 Å². The molecule has 0 aliphatic carbocycles. The minimum absolute atomic E-state index is 0.186. The summed E-state index contributed by atoms with van der Waals surface area (Å²) >= 11 is 3.54. The zero-order valence-corrected chi connectivity index (χ0v) is 12.0. The number of nitrogens with zero attached hydrogens (tertiary/aromatic N) is 3. The Kier molecular flexibility index (Phi) is 3.15. The lowest BCUT2D eigenvalue weighted by Gasteiger charge is -2.35. The number of carbonyl (C=O) groups is 1. The molecule has 2 fully saturated rings. The van der Waals surface area contributed by atoms with Gasteiger partial charge in [-0.3, -0.25) is 14.4 Å². The van der Waals surface area contributed by atoms with Crippen molar-refractivity contribution in [3.8, 4) is 0 Å². The smallest absolute Gasteiger partial charge is 0.224 e. The van der Waals surface area contributed by atoms with Crippen LogP contribution in [0.25, 0.3) is 0 Å². The number of carbonyl (C=O) groups excluding carboxylic acids is 1. The van der Waals surface area contributed by atoms with Crippen LogP contribution in [0.5, 0.6) is 0 Å². The number of fused-ring (bicyclic) bond motifs is 1. The van der Waals surface area contributed by atoms with Crippen LogP contribution in [0.1, 0.15) is 18.5 Å². The summed E-state index contributed by atoms with van der Waals surface area (Å²) in [6.45, 7) is 2.71. The van der Waals surface area contributed by atoms with Crippen molar-refractivity contribution in [3.05, 3.63) is 16.4 Å². The molecule has 0 bridgehead atoms. The van der Waals surface area contributed by atoms with Gasteiger partial charge in [0.1, 0.15) is 0 Å². The van der Waals surface area contributed by atoms with Gasteiger partial charge in [0.25, 0.3) is 0 Å². The maximum atomic E-state index is 11.7. The number of hydrogen-bond acceptors (Lipinski definition) is 3. The zero-order valence-electron chi connectivity index (χ0n) is 10.4. The van der Waals surface area contributed by atoms with Crippen molar-refractivity contribution in [1.29, 1.82) is 0 Å². The first kappa shape index (κ1) is 12.2. The summed E-state index contributed by atoms with van der Waals surface area (Å²) in [4.78, 5) is 14.1. The lowest BCUT2D eigenvalue weighted by molar-refractivity contribution is -0.124. The van der Waals surface area contributed by atoms with Crippen molar-refractivity contribution in [2.24, 2.45) is 13.0 Å². The van der Waals surface area contributed by atoms with E-state index in [0.717, 1.165) is 36.9 Å². The normalized spacial score (nSPS) is 28.2. The summed E-state index contributed by atoms with van der Waals surface area (Å²) < 4.78 is 2.95. The van der Waals surface area contributed by atoms with Gasteiger partial charge in [-0.1, -0.05) is 0 Å². The van der Waals surface area contributed by atoms with Gasteiger partial charge in [0.2, 0.25) is 5.91 Å². The molecule has 0 aromatic carbocycles. The first-order valence-electron chi connectivity index (χ1n) is 6.35. The van der Waals surface area contributed by atoms with Gasteiger partial charge in [0.15, 0.2) is 0 Å². The Bertz CT molecular complexity index is 453. The number of hydrogen-bond donors (Lipinski definition) is 1. The molecule has 0 saturated carbocycles. The molecule has 98 valence electrons. The number of rotatable bonds is 2. The van der Waals surface area contributed by atoms with Gasteiger partial charge in [-0.05, 0) is 35.3 Å². The van der Waals surface area contributed by atoms with Crippen molar-refractivity contribution in [2.45, 2.75) is 25.4 Å². The molecule has 1 amide bonds. The van der Waals surface area contributed by atoms with E-state index in [2.05, 4.69) is 31.2 Å². The van der Waals surface area contributed by atoms with Crippen molar-refractivity contribution in [1.82, 2.24) is 20.0 Å². The highest BCUT2D eigenvalue weighted by Gasteiger charge is 2.40. The highest BCUT2D eigenvalue weighted by Crippen LogP contribution is 2.29. The van der Waals surface area contributed by atoms with Gasteiger partial charge in [-0.15, -0.1) is 0 Å². The van der Waals surface area contributed by atoms with E-state index in [1.165, 1.54) is 5.69 Å². The first-order chi connectivity index (χ1) is 8.66. The molecule has 2 saturated heterocycles. The summed E-state index contributed by atoms with van der Waals surface area (Å²) in [6.07, 6.45) is 3.96. The molecule has 3 rings (SSSR count). The fraction of sp³-hybridized carbons (Fsp3) is 0.667. The highest BCUT2D eigenvalue weighted by atomic mass is 79.9. The molecule has 6 heteroatoms. The number of aromatic nitrogens is 2. The SMILES string of the molecule is Cn1ncc(Br)c1CN1CCC[C@H]2C(=O)NC[C@H]21. The standard InChI is InChI=1S/C12H17BrN4O/c1-16-11(9(13)5-15-16)7-17-4-2-3-8-10(17)6-14-12(8)18/h5,8,10H,2-4,6-7H2,1H3,(H,14,18)/t8-,10-/m1/s1. The third-order valence-electron chi connectivity index (χ3n) is 4.08. The van der Waals surface area contributed by atoms with Gasteiger partial charge in [-0.2, -0.15) is 5.10 Å². The number of aryl methyl sites for hydroxylation is 1.